The van der Waals surface area contributed by atoms with E-state index in [1.807, 2.05) is 25.1 Å². The summed E-state index contributed by atoms with van der Waals surface area (Å²) in [5, 5.41) is 12.9. The largest absolute Gasteiger partial charge is 0.548 e. The van der Waals surface area contributed by atoms with E-state index in [-0.39, 0.29) is 12.0 Å². The van der Waals surface area contributed by atoms with Crippen molar-refractivity contribution in [1.29, 1.82) is 0 Å². The number of aliphatic carboxylic acids is 1. The van der Waals surface area contributed by atoms with Gasteiger partial charge in [0.05, 0.1) is 12.0 Å². The minimum atomic E-state index is -1.32. The molecular formula is C16H22NO4-. The van der Waals surface area contributed by atoms with Crippen LogP contribution < -0.4 is 15.2 Å². The Labute approximate surface area is 125 Å². The zero-order chi connectivity index (χ0) is 16.2. The van der Waals surface area contributed by atoms with Crippen LogP contribution in [0.1, 0.15) is 38.8 Å². The molecule has 1 N–H and O–H groups in total. The molecule has 5 heteroatoms. The van der Waals surface area contributed by atoms with Gasteiger partial charge in [-0.15, -0.1) is 0 Å². The van der Waals surface area contributed by atoms with Crippen LogP contribution in [0.15, 0.2) is 18.2 Å². The van der Waals surface area contributed by atoms with Gasteiger partial charge >= 0.3 is 0 Å². The molecule has 0 aliphatic heterocycles. The molecule has 0 fully saturated rings. The molecule has 0 aromatic heterocycles. The van der Waals surface area contributed by atoms with Crippen LogP contribution in [-0.4, -0.2) is 24.5 Å². The Balaban J connectivity index is 2.76. The van der Waals surface area contributed by atoms with E-state index in [4.69, 9.17) is 4.74 Å². The molecule has 0 saturated carbocycles. The van der Waals surface area contributed by atoms with E-state index in [9.17, 15) is 14.7 Å². The van der Waals surface area contributed by atoms with Crippen molar-refractivity contribution in [3.05, 3.63) is 29.3 Å². The van der Waals surface area contributed by atoms with Crippen LogP contribution in [0.3, 0.4) is 0 Å². The van der Waals surface area contributed by atoms with Gasteiger partial charge in [-0.25, -0.2) is 0 Å². The number of aryl methyl sites for hydroxylation is 1. The third-order valence-corrected chi connectivity index (χ3v) is 3.03. The summed E-state index contributed by atoms with van der Waals surface area (Å²) < 4.78 is 5.54. The number of carboxylic acids is 1. The molecule has 116 valence electrons. The third kappa shape index (κ3) is 5.10. The van der Waals surface area contributed by atoms with Crippen LogP contribution in [0, 0.1) is 6.92 Å². The highest BCUT2D eigenvalue weighted by atomic mass is 16.5. The summed E-state index contributed by atoms with van der Waals surface area (Å²) in [6.07, 6.45) is 0. The Kier molecular flexibility index (Phi) is 5.35. The summed E-state index contributed by atoms with van der Waals surface area (Å²) in [5.41, 5.74) is 2.00. The minimum absolute atomic E-state index is 0.115. The van der Waals surface area contributed by atoms with Gasteiger partial charge in [-0.05, 0) is 30.9 Å². The Bertz CT molecular complexity index is 532. The molecule has 21 heavy (non-hydrogen) atoms. The number of nitrogens with one attached hydrogen (secondary N) is 1. The van der Waals surface area contributed by atoms with Crippen molar-refractivity contribution in [3.63, 3.8) is 0 Å². The number of carboxylic acid groups (broad SMARTS) is 1. The molecule has 1 atom stereocenters. The first-order valence-corrected chi connectivity index (χ1v) is 6.85. The molecular weight excluding hydrogens is 270 g/mol. The Morgan fingerprint density at radius 1 is 1.33 bits per heavy atom. The van der Waals surface area contributed by atoms with Crippen molar-refractivity contribution in [2.45, 2.75) is 46.1 Å². The maximum Gasteiger partial charge on any atom is 0.258 e. The molecule has 5 nitrogen and oxygen atoms in total. The number of hydrogen-bond donors (Lipinski definition) is 1. The number of benzene rings is 1. The van der Waals surface area contributed by atoms with Gasteiger partial charge in [0.2, 0.25) is 0 Å². The van der Waals surface area contributed by atoms with E-state index in [0.29, 0.717) is 5.75 Å². The van der Waals surface area contributed by atoms with Crippen LogP contribution in [0.2, 0.25) is 0 Å². The maximum atomic E-state index is 11.6. The first kappa shape index (κ1) is 17.0. The van der Waals surface area contributed by atoms with E-state index in [1.165, 1.54) is 6.92 Å². The molecule has 0 spiro atoms. The number of rotatable bonds is 5. The van der Waals surface area contributed by atoms with Crippen LogP contribution >= 0.6 is 0 Å². The van der Waals surface area contributed by atoms with Crippen molar-refractivity contribution in [2.75, 3.05) is 6.61 Å². The van der Waals surface area contributed by atoms with Crippen molar-refractivity contribution in [3.8, 4) is 5.75 Å². The summed E-state index contributed by atoms with van der Waals surface area (Å²) in [7, 11) is 0. The molecule has 0 aliphatic carbocycles. The molecule has 1 amide bonds. The zero-order valence-corrected chi connectivity index (χ0v) is 13.1. The fourth-order valence-electron chi connectivity index (χ4n) is 1.84. The quantitative estimate of drug-likeness (QED) is 0.875. The van der Waals surface area contributed by atoms with Gasteiger partial charge in [-0.1, -0.05) is 38.5 Å². The summed E-state index contributed by atoms with van der Waals surface area (Å²) in [6, 6.07) is 4.72. The summed E-state index contributed by atoms with van der Waals surface area (Å²) in [5.74, 6) is -1.19. The second-order valence-electron chi connectivity index (χ2n) is 6.15. The minimum Gasteiger partial charge on any atom is -0.548 e. The second kappa shape index (κ2) is 6.61. The average Bonchev–Trinajstić information content (AvgIpc) is 2.35. The van der Waals surface area contributed by atoms with Crippen LogP contribution in [-0.2, 0) is 15.0 Å². The molecule has 0 heterocycles. The lowest BCUT2D eigenvalue weighted by Crippen LogP contribution is -2.47. The smallest absolute Gasteiger partial charge is 0.258 e. The van der Waals surface area contributed by atoms with Crippen molar-refractivity contribution in [2.24, 2.45) is 0 Å². The molecule has 0 aliphatic rings. The molecule has 1 aromatic carbocycles. The van der Waals surface area contributed by atoms with Crippen LogP contribution in [0.25, 0.3) is 0 Å². The Morgan fingerprint density at radius 3 is 2.48 bits per heavy atom. The van der Waals surface area contributed by atoms with Gasteiger partial charge in [-0.2, -0.15) is 0 Å². The molecule has 0 radical (unpaired) electrons. The van der Waals surface area contributed by atoms with Gasteiger partial charge in [-0.3, -0.25) is 4.79 Å². The molecule has 1 aromatic rings. The SMILES string of the molecule is Cc1ccc(OCC(=O)N[C@@H](C)C(=O)[O-])c(C(C)(C)C)c1. The lowest BCUT2D eigenvalue weighted by atomic mass is 9.85. The second-order valence-corrected chi connectivity index (χ2v) is 6.15. The van der Waals surface area contributed by atoms with Crippen LogP contribution in [0.5, 0.6) is 5.75 Å². The highest BCUT2D eigenvalue weighted by Crippen LogP contribution is 2.32. The van der Waals surface area contributed by atoms with Gasteiger partial charge in [0.25, 0.3) is 5.91 Å². The number of hydrogen-bond acceptors (Lipinski definition) is 4. The number of carbonyl (C=O) groups excluding carboxylic acids is 2. The van der Waals surface area contributed by atoms with Gasteiger partial charge < -0.3 is 20.0 Å². The topological polar surface area (TPSA) is 78.5 Å². The van der Waals surface area contributed by atoms with Crippen molar-refractivity contribution < 1.29 is 19.4 Å². The third-order valence-electron chi connectivity index (χ3n) is 3.03. The maximum absolute atomic E-state index is 11.6. The van der Waals surface area contributed by atoms with Gasteiger partial charge in [0, 0.05) is 0 Å². The van der Waals surface area contributed by atoms with Crippen molar-refractivity contribution in [1.82, 2.24) is 5.32 Å². The molecule has 0 saturated heterocycles. The molecule has 0 bridgehead atoms. The first-order chi connectivity index (χ1) is 9.61. The molecule has 0 unspecified atom stereocenters. The predicted molar refractivity (Wildman–Crippen MR) is 78.0 cm³/mol. The highest BCUT2D eigenvalue weighted by molar-refractivity contribution is 5.83. The van der Waals surface area contributed by atoms with E-state index < -0.39 is 17.9 Å². The number of carbonyl (C=O) groups is 2. The van der Waals surface area contributed by atoms with Gasteiger partial charge in [0.15, 0.2) is 6.61 Å². The van der Waals surface area contributed by atoms with E-state index in [1.54, 1.807) is 0 Å². The van der Waals surface area contributed by atoms with Crippen molar-refractivity contribution >= 4 is 11.9 Å². The van der Waals surface area contributed by atoms with E-state index >= 15 is 0 Å². The monoisotopic (exact) mass is 292 g/mol. The zero-order valence-electron chi connectivity index (χ0n) is 13.1. The highest BCUT2D eigenvalue weighted by Gasteiger charge is 2.20. The van der Waals surface area contributed by atoms with E-state index in [2.05, 4.69) is 26.1 Å². The average molecular weight is 292 g/mol. The Morgan fingerprint density at radius 2 is 1.95 bits per heavy atom. The number of ether oxygens (including phenoxy) is 1. The Hall–Kier alpha value is -2.04. The number of amides is 1. The lowest BCUT2D eigenvalue weighted by molar-refractivity contribution is -0.307. The van der Waals surface area contributed by atoms with Crippen LogP contribution in [0.4, 0.5) is 0 Å². The van der Waals surface area contributed by atoms with Gasteiger partial charge in [0.1, 0.15) is 5.75 Å². The summed E-state index contributed by atoms with van der Waals surface area (Å²) in [6.45, 7) is 9.29. The lowest BCUT2D eigenvalue weighted by Gasteiger charge is -2.23. The summed E-state index contributed by atoms with van der Waals surface area (Å²) in [4.78, 5) is 22.2. The fraction of sp³-hybridized carbons (Fsp3) is 0.500. The molecule has 1 rings (SSSR count). The normalized spacial score (nSPS) is 12.6. The standard InChI is InChI=1S/C16H23NO4/c1-10-6-7-13(12(8-10)16(3,4)5)21-9-14(18)17-11(2)15(19)20/h6-8,11H,9H2,1-5H3,(H,17,18)(H,19,20)/p-1/t11-/m0/s1. The summed E-state index contributed by atoms with van der Waals surface area (Å²) >= 11 is 0. The first-order valence-electron chi connectivity index (χ1n) is 6.85. The van der Waals surface area contributed by atoms with E-state index in [0.717, 1.165) is 11.1 Å². The fourth-order valence-corrected chi connectivity index (χ4v) is 1.84. The predicted octanol–water partition coefficient (Wildman–Crippen LogP) is 0.926.